The summed E-state index contributed by atoms with van der Waals surface area (Å²) in [4.78, 5) is 45.3. The summed E-state index contributed by atoms with van der Waals surface area (Å²) in [5.74, 6) is -0.833. The molecule has 3 heterocycles. The number of nitrogens with one attached hydrogen (secondary N) is 1. The Morgan fingerprint density at radius 3 is 2.33 bits per heavy atom. The average molecular weight is 874 g/mol. The fourth-order valence-corrected chi connectivity index (χ4v) is 7.89. The zero-order valence-electron chi connectivity index (χ0n) is 28.5. The number of aromatic amines is 1. The second-order valence-electron chi connectivity index (χ2n) is 12.3. The van der Waals surface area contributed by atoms with E-state index < -0.39 is 36.2 Å². The molecule has 4 radical (unpaired) electrons. The second-order valence-corrected chi connectivity index (χ2v) is 12.3. The molecule has 3 aliphatic rings. The summed E-state index contributed by atoms with van der Waals surface area (Å²) in [6.07, 6.45) is -0.298. The van der Waals surface area contributed by atoms with Crippen LogP contribution >= 0.6 is 0 Å². The Hall–Kier alpha value is -3.57. The monoisotopic (exact) mass is 874 g/mol. The summed E-state index contributed by atoms with van der Waals surface area (Å²) in [5.41, 5.74) is 3.62. The standard InChI is InChI=1S/C35H42N2O11.Pb/c1-7-46-35(40)48-31-26(42-3)12-18(13-27(31)43-4)33(38)47-28-14-19-17-37-11-10-22-21-9-8-20(41-2)15-24(21)36-30(22)25(37)16-23(19)29(32(28)44-5)34(39)45-6;/h8-9,12-13,15,19,23,25,28-29,32,36H,7,10-11,14,16-17H2,1-6H3;/t19-,23+,25-,28-,29+,32+;/m1./s1. The Morgan fingerprint density at radius 1 is 0.959 bits per heavy atom. The maximum Gasteiger partial charge on any atom is 0.514 e. The maximum atomic E-state index is 13.7. The molecule has 0 spiro atoms. The predicted molar refractivity (Wildman–Crippen MR) is 178 cm³/mol. The van der Waals surface area contributed by atoms with E-state index in [0.717, 1.165) is 37.2 Å². The normalized spacial score (nSPS) is 24.3. The van der Waals surface area contributed by atoms with E-state index in [4.69, 9.17) is 37.9 Å². The molecule has 3 aromatic rings. The van der Waals surface area contributed by atoms with Crippen molar-refractivity contribution in [1.29, 1.82) is 0 Å². The Balaban J connectivity index is 0.00000468. The quantitative estimate of drug-likeness (QED) is 0.142. The molecule has 2 fully saturated rings. The predicted octanol–water partition coefficient (Wildman–Crippen LogP) is 4.32. The molecule has 2 aromatic carbocycles. The molecule has 1 N–H and O–H groups in total. The first-order valence-electron chi connectivity index (χ1n) is 16.1. The van der Waals surface area contributed by atoms with Crippen LogP contribution in [0, 0.1) is 17.8 Å². The number of H-pyrrole nitrogens is 1. The van der Waals surface area contributed by atoms with Crippen molar-refractivity contribution in [3.8, 4) is 23.0 Å². The molecule has 1 saturated carbocycles. The van der Waals surface area contributed by atoms with Crippen molar-refractivity contribution < 1.29 is 52.3 Å². The molecule has 2 aliphatic heterocycles. The van der Waals surface area contributed by atoms with Crippen molar-refractivity contribution >= 4 is 56.3 Å². The van der Waals surface area contributed by atoms with Crippen molar-refractivity contribution in [2.45, 2.75) is 44.4 Å². The van der Waals surface area contributed by atoms with E-state index in [2.05, 4.69) is 16.0 Å². The van der Waals surface area contributed by atoms with Crippen LogP contribution in [-0.4, -0.2) is 123 Å². The Labute approximate surface area is 304 Å². The second kappa shape index (κ2) is 15.5. The molecule has 0 bridgehead atoms. The van der Waals surface area contributed by atoms with Crippen molar-refractivity contribution in [1.82, 2.24) is 9.88 Å². The Bertz CT molecular complexity index is 1670. The van der Waals surface area contributed by atoms with E-state index in [9.17, 15) is 14.4 Å². The summed E-state index contributed by atoms with van der Waals surface area (Å²) < 4.78 is 43.8. The zero-order valence-corrected chi connectivity index (χ0v) is 32.4. The first-order chi connectivity index (χ1) is 23.2. The number of benzene rings is 2. The minimum atomic E-state index is -0.942. The number of hydrogen-bond donors (Lipinski definition) is 1. The van der Waals surface area contributed by atoms with E-state index in [1.807, 2.05) is 12.1 Å². The molecule has 13 nitrogen and oxygen atoms in total. The molecule has 1 aromatic heterocycles. The van der Waals surface area contributed by atoms with Crippen LogP contribution in [0.25, 0.3) is 10.9 Å². The number of ether oxygens (including phenoxy) is 8. The molecule has 49 heavy (non-hydrogen) atoms. The van der Waals surface area contributed by atoms with E-state index in [1.165, 1.54) is 57.2 Å². The molecule has 0 unspecified atom stereocenters. The number of hydrogen-bond acceptors (Lipinski definition) is 12. The van der Waals surface area contributed by atoms with Gasteiger partial charge in [-0.1, -0.05) is 0 Å². The maximum absolute atomic E-state index is 13.7. The first-order valence-corrected chi connectivity index (χ1v) is 16.1. The third-order valence-corrected chi connectivity index (χ3v) is 10.0. The molecular formula is C35H42N2O11Pb. The van der Waals surface area contributed by atoms with Gasteiger partial charge in [0, 0.05) is 70.2 Å². The SMILES string of the molecule is CCOC(=O)Oc1c(OC)cc(C(=O)O[C@@H]2C[C@@H]3CN4CCc5c([nH]c6cc(OC)ccc56)[C@H]4C[C@@H]3[C@H](C(=O)OC)[C@H]2OC)cc1OC.[Pb]. The van der Waals surface area contributed by atoms with Gasteiger partial charge in [0.05, 0.1) is 52.6 Å². The number of carbonyl (C=O) groups is 3. The first kappa shape index (κ1) is 36.7. The zero-order chi connectivity index (χ0) is 34.1. The summed E-state index contributed by atoms with van der Waals surface area (Å²) in [5, 5.41) is 1.19. The van der Waals surface area contributed by atoms with Crippen LogP contribution in [0.2, 0.25) is 0 Å². The van der Waals surface area contributed by atoms with Gasteiger partial charge < -0.3 is 42.9 Å². The van der Waals surface area contributed by atoms with Crippen molar-refractivity contribution in [2.24, 2.45) is 17.8 Å². The minimum absolute atomic E-state index is 0. The van der Waals surface area contributed by atoms with Crippen LogP contribution in [0.15, 0.2) is 30.3 Å². The van der Waals surface area contributed by atoms with Crippen LogP contribution in [0.4, 0.5) is 4.79 Å². The summed E-state index contributed by atoms with van der Waals surface area (Å²) in [6.45, 7) is 3.37. The average Bonchev–Trinajstić information content (AvgIpc) is 3.48. The van der Waals surface area contributed by atoms with Gasteiger partial charge in [-0.05, 0) is 67.9 Å². The van der Waals surface area contributed by atoms with Crippen LogP contribution < -0.4 is 18.9 Å². The fourth-order valence-electron chi connectivity index (χ4n) is 7.89. The molecule has 1 saturated heterocycles. The number of methoxy groups -OCH3 is 5. The van der Waals surface area contributed by atoms with Crippen molar-refractivity contribution in [2.75, 3.05) is 55.2 Å². The number of aromatic nitrogens is 1. The largest absolute Gasteiger partial charge is 0.514 e. The molecular weight excluding hydrogens is 832 g/mol. The van der Waals surface area contributed by atoms with Gasteiger partial charge in [-0.25, -0.2) is 9.59 Å². The molecule has 6 atom stereocenters. The Kier molecular flexibility index (Phi) is 11.6. The van der Waals surface area contributed by atoms with Gasteiger partial charge in [-0.3, -0.25) is 9.69 Å². The van der Waals surface area contributed by atoms with E-state index >= 15 is 0 Å². The smallest absolute Gasteiger partial charge is 0.497 e. The van der Waals surface area contributed by atoms with E-state index in [0.29, 0.717) is 6.42 Å². The number of carbonyl (C=O) groups excluding carboxylic acids is 3. The number of rotatable bonds is 9. The van der Waals surface area contributed by atoms with Gasteiger partial charge in [-0.15, -0.1) is 0 Å². The van der Waals surface area contributed by atoms with Gasteiger partial charge in [-0.2, -0.15) is 0 Å². The van der Waals surface area contributed by atoms with Gasteiger partial charge in [0.1, 0.15) is 18.0 Å². The molecule has 262 valence electrons. The number of nitrogens with zero attached hydrogens (tertiary/aromatic N) is 1. The van der Waals surface area contributed by atoms with Crippen LogP contribution in [0.1, 0.15) is 47.4 Å². The van der Waals surface area contributed by atoms with Gasteiger partial charge in [0.15, 0.2) is 11.5 Å². The summed E-state index contributed by atoms with van der Waals surface area (Å²) in [6, 6.07) is 9.00. The topological polar surface area (TPSA) is 144 Å². The molecule has 14 heteroatoms. The van der Waals surface area contributed by atoms with Gasteiger partial charge >= 0.3 is 18.1 Å². The summed E-state index contributed by atoms with van der Waals surface area (Å²) >= 11 is 0. The molecule has 1 aliphatic carbocycles. The van der Waals surface area contributed by atoms with Crippen molar-refractivity contribution in [3.63, 3.8) is 0 Å². The van der Waals surface area contributed by atoms with Crippen LogP contribution in [-0.2, 0) is 30.2 Å². The number of esters is 2. The van der Waals surface area contributed by atoms with E-state index in [-0.39, 0.29) is 74.6 Å². The third kappa shape index (κ3) is 6.93. The number of fused-ring (bicyclic) bond motifs is 6. The fraction of sp³-hybridized carbons (Fsp3) is 0.514. The van der Waals surface area contributed by atoms with Crippen LogP contribution in [0.5, 0.6) is 23.0 Å². The van der Waals surface area contributed by atoms with Crippen LogP contribution in [0.3, 0.4) is 0 Å². The number of piperidine rings is 1. The third-order valence-electron chi connectivity index (χ3n) is 10.0. The van der Waals surface area contributed by atoms with Gasteiger partial charge in [0.25, 0.3) is 0 Å². The molecule has 0 amide bonds. The Morgan fingerprint density at radius 2 is 1.69 bits per heavy atom. The molecule has 6 rings (SSSR count). The van der Waals surface area contributed by atoms with Crippen molar-refractivity contribution in [3.05, 3.63) is 47.2 Å². The van der Waals surface area contributed by atoms with E-state index in [1.54, 1.807) is 14.0 Å². The summed E-state index contributed by atoms with van der Waals surface area (Å²) in [7, 11) is 7.30. The van der Waals surface area contributed by atoms with Gasteiger partial charge in [0.2, 0.25) is 5.75 Å². The minimum Gasteiger partial charge on any atom is -0.497 e.